The molecule has 0 unspecified atom stereocenters. The van der Waals surface area contributed by atoms with E-state index in [9.17, 15) is 4.21 Å². The SMILES string of the molecule is Cc1cc([Si](C)(C)C)c(C)c(C[C@H](N[S@@](=O)C(C)(C)C)c2ccccc2-c2noc3ccccc23)n1. The maximum Gasteiger partial charge on any atom is 0.167 e. The number of hydrogen-bond donors (Lipinski definition) is 1. The molecule has 5 nitrogen and oxygen atoms in total. The number of aryl methyl sites for hydroxylation is 1. The third kappa shape index (κ3) is 5.53. The minimum Gasteiger partial charge on any atom is -0.356 e. The Morgan fingerprint density at radius 2 is 1.69 bits per heavy atom. The molecule has 2 heterocycles. The van der Waals surface area contributed by atoms with Crippen LogP contribution in [0.2, 0.25) is 19.6 Å². The lowest BCUT2D eigenvalue weighted by atomic mass is 9.93. The van der Waals surface area contributed by atoms with E-state index in [-0.39, 0.29) is 6.04 Å². The summed E-state index contributed by atoms with van der Waals surface area (Å²) in [4.78, 5) is 4.97. The maximum atomic E-state index is 13.4. The minimum atomic E-state index is -1.56. The molecular formula is C29H37N3O2SSi. The number of hydrogen-bond acceptors (Lipinski definition) is 4. The molecule has 0 amide bonds. The number of aromatic nitrogens is 2. The van der Waals surface area contributed by atoms with E-state index >= 15 is 0 Å². The van der Waals surface area contributed by atoms with Gasteiger partial charge < -0.3 is 4.52 Å². The Kier molecular flexibility index (Phi) is 7.37. The second kappa shape index (κ2) is 10.0. The molecule has 0 saturated carbocycles. The van der Waals surface area contributed by atoms with Gasteiger partial charge >= 0.3 is 0 Å². The van der Waals surface area contributed by atoms with Gasteiger partial charge in [-0.3, -0.25) is 4.98 Å². The lowest BCUT2D eigenvalue weighted by Crippen LogP contribution is -2.41. The highest BCUT2D eigenvalue weighted by molar-refractivity contribution is 7.84. The van der Waals surface area contributed by atoms with E-state index < -0.39 is 23.8 Å². The molecule has 4 rings (SSSR count). The highest BCUT2D eigenvalue weighted by Crippen LogP contribution is 2.35. The normalized spacial score (nSPS) is 14.2. The molecule has 0 radical (unpaired) electrons. The molecule has 0 aliphatic heterocycles. The summed E-state index contributed by atoms with van der Waals surface area (Å²) in [6.07, 6.45) is 0.625. The van der Waals surface area contributed by atoms with E-state index in [1.54, 1.807) is 0 Å². The smallest absolute Gasteiger partial charge is 0.167 e. The van der Waals surface area contributed by atoms with Gasteiger partial charge in [0.25, 0.3) is 0 Å². The van der Waals surface area contributed by atoms with Crippen LogP contribution in [-0.2, 0) is 17.4 Å². The molecule has 0 bridgehead atoms. The maximum absolute atomic E-state index is 13.4. The quantitative estimate of drug-likeness (QED) is 0.287. The Morgan fingerprint density at radius 3 is 2.39 bits per heavy atom. The van der Waals surface area contributed by atoms with Crippen LogP contribution in [0.25, 0.3) is 22.2 Å². The molecule has 0 fully saturated rings. The van der Waals surface area contributed by atoms with Crippen LogP contribution in [-0.4, -0.2) is 27.2 Å². The second-order valence-electron chi connectivity index (χ2n) is 11.5. The van der Waals surface area contributed by atoms with Crippen LogP contribution < -0.4 is 9.91 Å². The lowest BCUT2D eigenvalue weighted by molar-refractivity contribution is 0.459. The van der Waals surface area contributed by atoms with Crippen molar-refractivity contribution >= 4 is 35.2 Å². The molecule has 2 atom stereocenters. The van der Waals surface area contributed by atoms with Gasteiger partial charge in [0.2, 0.25) is 0 Å². The largest absolute Gasteiger partial charge is 0.356 e. The van der Waals surface area contributed by atoms with Crippen molar-refractivity contribution in [1.82, 2.24) is 14.9 Å². The Bertz CT molecular complexity index is 1420. The zero-order valence-electron chi connectivity index (χ0n) is 22.6. The second-order valence-corrected chi connectivity index (χ2v) is 18.5. The fourth-order valence-electron chi connectivity index (χ4n) is 4.59. The van der Waals surface area contributed by atoms with Gasteiger partial charge in [0.05, 0.1) is 29.8 Å². The predicted octanol–water partition coefficient (Wildman–Crippen LogP) is 6.39. The predicted molar refractivity (Wildman–Crippen MR) is 154 cm³/mol. The molecule has 2 aromatic carbocycles. The summed E-state index contributed by atoms with van der Waals surface area (Å²) in [5.41, 5.74) is 6.88. The number of nitrogens with zero attached hydrogens (tertiary/aromatic N) is 2. The van der Waals surface area contributed by atoms with Crippen molar-refractivity contribution in [2.45, 2.75) is 71.5 Å². The molecular weight excluding hydrogens is 482 g/mol. The van der Waals surface area contributed by atoms with E-state index in [0.717, 1.165) is 39.2 Å². The number of nitrogens with one attached hydrogen (secondary N) is 1. The van der Waals surface area contributed by atoms with E-state index in [1.165, 1.54) is 10.8 Å². The lowest BCUT2D eigenvalue weighted by Gasteiger charge is -2.27. The average Bonchev–Trinajstić information content (AvgIpc) is 3.23. The third-order valence-electron chi connectivity index (χ3n) is 6.48. The summed E-state index contributed by atoms with van der Waals surface area (Å²) in [6, 6.07) is 18.1. The van der Waals surface area contributed by atoms with Crippen molar-refractivity contribution < 1.29 is 8.73 Å². The molecule has 0 saturated heterocycles. The van der Waals surface area contributed by atoms with Gasteiger partial charge in [-0.2, -0.15) is 0 Å². The number of benzene rings is 2. The summed E-state index contributed by atoms with van der Waals surface area (Å²) < 4.78 is 22.1. The van der Waals surface area contributed by atoms with Crippen molar-refractivity contribution in [2.75, 3.05) is 0 Å². The van der Waals surface area contributed by atoms with Gasteiger partial charge in [0, 0.05) is 28.8 Å². The van der Waals surface area contributed by atoms with Crippen molar-refractivity contribution in [3.8, 4) is 11.3 Å². The van der Waals surface area contributed by atoms with E-state index in [4.69, 9.17) is 9.51 Å². The van der Waals surface area contributed by atoms with Crippen LogP contribution in [0.5, 0.6) is 0 Å². The summed E-state index contributed by atoms with van der Waals surface area (Å²) in [7, 11) is -2.83. The minimum absolute atomic E-state index is 0.223. The molecule has 2 aromatic heterocycles. The number of pyridine rings is 1. The fourth-order valence-corrected chi connectivity index (χ4v) is 7.32. The first kappa shape index (κ1) is 26.4. The summed E-state index contributed by atoms with van der Waals surface area (Å²) in [6.45, 7) is 17.3. The van der Waals surface area contributed by atoms with Gasteiger partial charge in [-0.15, -0.1) is 0 Å². The van der Waals surface area contributed by atoms with Crippen molar-refractivity contribution in [3.63, 3.8) is 0 Å². The van der Waals surface area contributed by atoms with Gasteiger partial charge in [0.15, 0.2) is 5.58 Å². The van der Waals surface area contributed by atoms with E-state index in [0.29, 0.717) is 6.42 Å². The zero-order chi connectivity index (χ0) is 26.3. The summed E-state index contributed by atoms with van der Waals surface area (Å²) in [5.74, 6) is 0. The van der Waals surface area contributed by atoms with E-state index in [1.807, 2.05) is 57.2 Å². The zero-order valence-corrected chi connectivity index (χ0v) is 24.4. The standard InChI is InChI=1S/C29H37N3O2SSi/c1-19-17-27(36(6,7)8)20(2)24(30-19)18-25(32-35(33)29(3,4)5)21-13-9-10-14-22(21)28-23-15-11-12-16-26(23)34-31-28/h9-17,25,32H,18H2,1-8H3/t25-,35-/m0/s1. The van der Waals surface area contributed by atoms with Crippen molar-refractivity contribution in [2.24, 2.45) is 0 Å². The highest BCUT2D eigenvalue weighted by atomic mass is 32.2. The molecule has 7 heteroatoms. The van der Waals surface area contributed by atoms with Gasteiger partial charge in [0.1, 0.15) is 5.69 Å². The van der Waals surface area contributed by atoms with Gasteiger partial charge in [-0.05, 0) is 63.9 Å². The molecule has 4 aromatic rings. The number of para-hydroxylation sites is 1. The van der Waals surface area contributed by atoms with Crippen LogP contribution in [0, 0.1) is 13.8 Å². The Balaban J connectivity index is 1.86. The molecule has 0 aliphatic carbocycles. The summed E-state index contributed by atoms with van der Waals surface area (Å²) in [5, 5.41) is 6.82. The van der Waals surface area contributed by atoms with Crippen LogP contribution in [0.3, 0.4) is 0 Å². The van der Waals surface area contributed by atoms with Gasteiger partial charge in [-0.1, -0.05) is 66.4 Å². The molecule has 0 aliphatic rings. The molecule has 36 heavy (non-hydrogen) atoms. The Labute approximate surface area is 218 Å². The van der Waals surface area contributed by atoms with Crippen molar-refractivity contribution in [3.05, 3.63) is 77.1 Å². The first-order chi connectivity index (χ1) is 16.9. The average molecular weight is 520 g/mol. The molecule has 1 N–H and O–H groups in total. The number of fused-ring (bicyclic) bond motifs is 1. The topological polar surface area (TPSA) is 68.0 Å². The third-order valence-corrected chi connectivity index (χ3v) is 10.2. The highest BCUT2D eigenvalue weighted by Gasteiger charge is 2.28. The van der Waals surface area contributed by atoms with Crippen LogP contribution in [0.4, 0.5) is 0 Å². The van der Waals surface area contributed by atoms with Crippen LogP contribution in [0.15, 0.2) is 59.1 Å². The number of rotatable bonds is 7. The first-order valence-corrected chi connectivity index (χ1v) is 17.1. The van der Waals surface area contributed by atoms with Crippen LogP contribution >= 0.6 is 0 Å². The molecule has 0 spiro atoms. The Hall–Kier alpha value is -2.61. The molecule has 190 valence electrons. The Morgan fingerprint density at radius 1 is 1.03 bits per heavy atom. The van der Waals surface area contributed by atoms with E-state index in [2.05, 4.69) is 61.6 Å². The fraction of sp³-hybridized carbons (Fsp3) is 0.379. The first-order valence-electron chi connectivity index (χ1n) is 12.5. The monoisotopic (exact) mass is 519 g/mol. The summed E-state index contributed by atoms with van der Waals surface area (Å²) >= 11 is 0. The van der Waals surface area contributed by atoms with Gasteiger partial charge in [-0.25, -0.2) is 8.93 Å². The van der Waals surface area contributed by atoms with Crippen molar-refractivity contribution in [1.29, 1.82) is 0 Å². The van der Waals surface area contributed by atoms with Crippen LogP contribution in [0.1, 0.15) is 49.3 Å².